The number of aryl methyl sites for hydroxylation is 1. The third-order valence-electron chi connectivity index (χ3n) is 3.08. The van der Waals surface area contributed by atoms with Gasteiger partial charge in [-0.2, -0.15) is 0 Å². The number of carboxylic acid groups (broad SMARTS) is 1. The minimum absolute atomic E-state index is 0.272. The summed E-state index contributed by atoms with van der Waals surface area (Å²) in [7, 11) is 1.61. The summed E-state index contributed by atoms with van der Waals surface area (Å²) in [5.41, 5.74) is 1.67. The molecule has 5 nitrogen and oxygen atoms in total. The number of carbonyl (C=O) groups is 1. The van der Waals surface area contributed by atoms with Gasteiger partial charge in [0.15, 0.2) is 0 Å². The standard InChI is InChI=1S/C13H18N2O3/c1-8-5-11(18-2)6-10(15-8)7-14-12(13(16)17)9-3-4-9/h5-6,9,12,14H,3-4,7H2,1-2H3,(H,16,17). The van der Waals surface area contributed by atoms with E-state index in [1.807, 2.05) is 19.1 Å². The van der Waals surface area contributed by atoms with E-state index in [2.05, 4.69) is 10.3 Å². The maximum atomic E-state index is 11.1. The number of nitrogens with one attached hydrogen (secondary N) is 1. The summed E-state index contributed by atoms with van der Waals surface area (Å²) in [6.07, 6.45) is 1.99. The summed E-state index contributed by atoms with van der Waals surface area (Å²) < 4.78 is 5.17. The van der Waals surface area contributed by atoms with Crippen LogP contribution in [0.15, 0.2) is 12.1 Å². The molecular formula is C13H18N2O3. The molecule has 1 saturated carbocycles. The lowest BCUT2D eigenvalue weighted by atomic mass is 10.2. The molecule has 98 valence electrons. The van der Waals surface area contributed by atoms with Gasteiger partial charge in [0, 0.05) is 24.4 Å². The van der Waals surface area contributed by atoms with E-state index in [0.717, 1.165) is 30.0 Å². The van der Waals surface area contributed by atoms with Crippen LogP contribution in [0.3, 0.4) is 0 Å². The summed E-state index contributed by atoms with van der Waals surface area (Å²) in [5.74, 6) is 0.240. The first-order chi connectivity index (χ1) is 8.60. The Labute approximate surface area is 106 Å². The second-order valence-corrected chi connectivity index (χ2v) is 4.67. The second-order valence-electron chi connectivity index (χ2n) is 4.67. The molecule has 0 bridgehead atoms. The molecule has 2 rings (SSSR count). The molecule has 1 atom stereocenters. The molecule has 0 spiro atoms. The molecule has 18 heavy (non-hydrogen) atoms. The highest BCUT2D eigenvalue weighted by molar-refractivity contribution is 5.74. The molecular weight excluding hydrogens is 232 g/mol. The second kappa shape index (κ2) is 5.35. The average Bonchev–Trinajstić information content (AvgIpc) is 3.12. The predicted molar refractivity (Wildman–Crippen MR) is 66.5 cm³/mol. The minimum Gasteiger partial charge on any atom is -0.497 e. The largest absolute Gasteiger partial charge is 0.497 e. The van der Waals surface area contributed by atoms with E-state index in [1.165, 1.54) is 0 Å². The predicted octanol–water partition coefficient (Wildman–Crippen LogP) is 1.35. The molecule has 0 radical (unpaired) electrons. The Hall–Kier alpha value is -1.62. The lowest BCUT2D eigenvalue weighted by Gasteiger charge is -2.13. The van der Waals surface area contributed by atoms with Crippen LogP contribution < -0.4 is 10.1 Å². The number of aliphatic carboxylic acids is 1. The van der Waals surface area contributed by atoms with Crippen molar-refractivity contribution >= 4 is 5.97 Å². The summed E-state index contributed by atoms with van der Waals surface area (Å²) in [4.78, 5) is 15.4. The number of rotatable bonds is 6. The quantitative estimate of drug-likeness (QED) is 0.797. The maximum Gasteiger partial charge on any atom is 0.320 e. The van der Waals surface area contributed by atoms with Crippen LogP contribution in [-0.2, 0) is 11.3 Å². The number of carboxylic acids is 1. The van der Waals surface area contributed by atoms with Crippen LogP contribution in [0.25, 0.3) is 0 Å². The van der Waals surface area contributed by atoms with Gasteiger partial charge in [-0.3, -0.25) is 15.1 Å². The van der Waals surface area contributed by atoms with Gasteiger partial charge in [0.2, 0.25) is 0 Å². The smallest absolute Gasteiger partial charge is 0.320 e. The zero-order valence-electron chi connectivity index (χ0n) is 10.6. The van der Waals surface area contributed by atoms with E-state index in [0.29, 0.717) is 6.54 Å². The van der Waals surface area contributed by atoms with Crippen molar-refractivity contribution < 1.29 is 14.6 Å². The first-order valence-electron chi connectivity index (χ1n) is 6.08. The van der Waals surface area contributed by atoms with E-state index in [-0.39, 0.29) is 5.92 Å². The fraction of sp³-hybridized carbons (Fsp3) is 0.538. The lowest BCUT2D eigenvalue weighted by molar-refractivity contribution is -0.140. The highest BCUT2D eigenvalue weighted by atomic mass is 16.5. The van der Waals surface area contributed by atoms with Crippen LogP contribution in [0.1, 0.15) is 24.2 Å². The first kappa shape index (κ1) is 12.8. The summed E-state index contributed by atoms with van der Waals surface area (Å²) in [6, 6.07) is 3.21. The first-order valence-corrected chi connectivity index (χ1v) is 6.08. The van der Waals surface area contributed by atoms with Crippen molar-refractivity contribution in [3.8, 4) is 5.75 Å². The lowest BCUT2D eigenvalue weighted by Crippen LogP contribution is -2.38. The number of nitrogens with zero attached hydrogens (tertiary/aromatic N) is 1. The van der Waals surface area contributed by atoms with Gasteiger partial charge in [0.1, 0.15) is 11.8 Å². The third-order valence-corrected chi connectivity index (χ3v) is 3.08. The van der Waals surface area contributed by atoms with Crippen molar-refractivity contribution in [2.75, 3.05) is 7.11 Å². The van der Waals surface area contributed by atoms with E-state index in [9.17, 15) is 4.79 Å². The highest BCUT2D eigenvalue weighted by Crippen LogP contribution is 2.32. The van der Waals surface area contributed by atoms with Crippen molar-refractivity contribution in [2.45, 2.75) is 32.4 Å². The van der Waals surface area contributed by atoms with Gasteiger partial charge < -0.3 is 9.84 Å². The Bertz CT molecular complexity index is 444. The molecule has 0 aromatic carbocycles. The third kappa shape index (κ3) is 3.20. The van der Waals surface area contributed by atoms with E-state index < -0.39 is 12.0 Å². The normalized spacial score (nSPS) is 16.3. The van der Waals surface area contributed by atoms with Gasteiger partial charge in [-0.05, 0) is 25.7 Å². The Morgan fingerprint density at radius 3 is 2.89 bits per heavy atom. The summed E-state index contributed by atoms with van der Waals surface area (Å²) in [6.45, 7) is 2.34. The van der Waals surface area contributed by atoms with Crippen LogP contribution in [0.2, 0.25) is 0 Å². The maximum absolute atomic E-state index is 11.1. The minimum atomic E-state index is -0.780. The van der Waals surface area contributed by atoms with E-state index in [4.69, 9.17) is 9.84 Å². The molecule has 5 heteroatoms. The fourth-order valence-corrected chi connectivity index (χ4v) is 2.01. The summed E-state index contributed by atoms with van der Waals surface area (Å²) in [5, 5.41) is 12.2. The number of aromatic nitrogens is 1. The van der Waals surface area contributed by atoms with Crippen molar-refractivity contribution in [2.24, 2.45) is 5.92 Å². The molecule has 1 unspecified atom stereocenters. The molecule has 1 heterocycles. The number of hydrogen-bond donors (Lipinski definition) is 2. The van der Waals surface area contributed by atoms with Crippen molar-refractivity contribution in [3.63, 3.8) is 0 Å². The van der Waals surface area contributed by atoms with E-state index >= 15 is 0 Å². The van der Waals surface area contributed by atoms with Crippen LogP contribution >= 0.6 is 0 Å². The van der Waals surface area contributed by atoms with Gasteiger partial charge >= 0.3 is 5.97 Å². The fourth-order valence-electron chi connectivity index (χ4n) is 2.01. The monoisotopic (exact) mass is 250 g/mol. The molecule has 1 aromatic heterocycles. The number of methoxy groups -OCH3 is 1. The van der Waals surface area contributed by atoms with Crippen molar-refractivity contribution in [1.82, 2.24) is 10.3 Å². The van der Waals surface area contributed by atoms with Crippen molar-refractivity contribution in [3.05, 3.63) is 23.5 Å². The Morgan fingerprint density at radius 1 is 1.61 bits per heavy atom. The molecule has 0 amide bonds. The van der Waals surface area contributed by atoms with Gasteiger partial charge in [0.25, 0.3) is 0 Å². The number of ether oxygens (including phenoxy) is 1. The van der Waals surface area contributed by atoms with Crippen LogP contribution in [-0.4, -0.2) is 29.2 Å². The van der Waals surface area contributed by atoms with E-state index in [1.54, 1.807) is 7.11 Å². The van der Waals surface area contributed by atoms with Gasteiger partial charge in [-0.15, -0.1) is 0 Å². The molecule has 0 aliphatic heterocycles. The number of pyridine rings is 1. The summed E-state index contributed by atoms with van der Waals surface area (Å²) >= 11 is 0. The molecule has 1 aliphatic carbocycles. The van der Waals surface area contributed by atoms with Crippen LogP contribution in [0.4, 0.5) is 0 Å². The molecule has 1 aliphatic rings. The van der Waals surface area contributed by atoms with Gasteiger partial charge in [-0.25, -0.2) is 0 Å². The highest BCUT2D eigenvalue weighted by Gasteiger charge is 2.35. The zero-order chi connectivity index (χ0) is 13.1. The topological polar surface area (TPSA) is 71.5 Å². The van der Waals surface area contributed by atoms with Crippen LogP contribution in [0.5, 0.6) is 5.75 Å². The Morgan fingerprint density at radius 2 is 2.33 bits per heavy atom. The Balaban J connectivity index is 2.00. The molecule has 2 N–H and O–H groups in total. The van der Waals surface area contributed by atoms with Gasteiger partial charge in [-0.1, -0.05) is 0 Å². The van der Waals surface area contributed by atoms with Gasteiger partial charge in [0.05, 0.1) is 12.8 Å². The SMILES string of the molecule is COc1cc(C)nc(CNC(C(=O)O)C2CC2)c1. The average molecular weight is 250 g/mol. The molecule has 1 fully saturated rings. The van der Waals surface area contributed by atoms with Crippen LogP contribution in [0, 0.1) is 12.8 Å². The Kier molecular flexibility index (Phi) is 3.81. The number of hydrogen-bond acceptors (Lipinski definition) is 4. The molecule has 0 saturated heterocycles. The van der Waals surface area contributed by atoms with Crippen molar-refractivity contribution in [1.29, 1.82) is 0 Å². The molecule has 1 aromatic rings. The zero-order valence-corrected chi connectivity index (χ0v) is 10.6.